The summed E-state index contributed by atoms with van der Waals surface area (Å²) in [5, 5.41) is 13.0. The number of carbonyl (C=O) groups excluding carboxylic acids is 1. The summed E-state index contributed by atoms with van der Waals surface area (Å²) in [5.41, 5.74) is 3.43. The first-order chi connectivity index (χ1) is 16.2. The molecule has 0 aliphatic carbocycles. The Morgan fingerprint density at radius 1 is 1.00 bits per heavy atom. The number of para-hydroxylation sites is 1. The summed E-state index contributed by atoms with van der Waals surface area (Å²) in [4.78, 5) is 16.9. The second-order valence-electron chi connectivity index (χ2n) is 7.25. The number of hydrogen-bond acceptors (Lipinski definition) is 7. The maximum atomic E-state index is 13.7. The Kier molecular flexibility index (Phi) is 6.10. The molecule has 0 saturated carbocycles. The third-order valence-electron chi connectivity index (χ3n) is 5.16. The van der Waals surface area contributed by atoms with Gasteiger partial charge in [0.15, 0.2) is 10.1 Å². The molecule has 5 rings (SSSR count). The van der Waals surface area contributed by atoms with Crippen molar-refractivity contribution in [2.24, 2.45) is 0 Å². The van der Waals surface area contributed by atoms with Gasteiger partial charge in [-0.05, 0) is 35.9 Å². The van der Waals surface area contributed by atoms with Crippen LogP contribution in [0.1, 0.15) is 21.2 Å². The molecule has 0 aliphatic rings. The number of thioether (sulfide) groups is 1. The lowest BCUT2D eigenvalue weighted by Crippen LogP contribution is -2.09. The molecule has 5 aromatic rings. The van der Waals surface area contributed by atoms with E-state index in [4.69, 9.17) is 4.74 Å². The third kappa shape index (κ3) is 4.62. The summed E-state index contributed by atoms with van der Waals surface area (Å²) in [6.45, 7) is 0. The number of anilines is 2. The van der Waals surface area contributed by atoms with Crippen LogP contribution in [0.25, 0.3) is 10.9 Å². The topological polar surface area (TPSA) is 79.9 Å². The van der Waals surface area contributed by atoms with Crippen molar-refractivity contribution in [3.8, 4) is 5.75 Å². The molecule has 0 spiro atoms. The first-order valence-corrected chi connectivity index (χ1v) is 12.0. The van der Waals surface area contributed by atoms with Crippen LogP contribution < -0.4 is 10.1 Å². The highest BCUT2D eigenvalue weighted by Crippen LogP contribution is 2.41. The van der Waals surface area contributed by atoms with E-state index < -0.39 is 5.25 Å². The van der Waals surface area contributed by atoms with E-state index in [9.17, 15) is 4.79 Å². The van der Waals surface area contributed by atoms with Gasteiger partial charge in [-0.15, -0.1) is 10.2 Å². The van der Waals surface area contributed by atoms with E-state index in [1.54, 1.807) is 13.3 Å². The number of fused-ring (bicyclic) bond motifs is 1. The van der Waals surface area contributed by atoms with Gasteiger partial charge in [0.05, 0.1) is 7.11 Å². The molecule has 0 amide bonds. The molecule has 3 aromatic carbocycles. The van der Waals surface area contributed by atoms with Gasteiger partial charge in [0, 0.05) is 28.4 Å². The van der Waals surface area contributed by atoms with E-state index in [-0.39, 0.29) is 5.78 Å². The van der Waals surface area contributed by atoms with Gasteiger partial charge in [-0.1, -0.05) is 71.6 Å². The van der Waals surface area contributed by atoms with E-state index in [2.05, 4.69) is 20.5 Å². The second kappa shape index (κ2) is 9.48. The van der Waals surface area contributed by atoms with Gasteiger partial charge in [-0.25, -0.2) is 0 Å². The number of aromatic nitrogens is 3. The number of ketones is 1. The van der Waals surface area contributed by atoms with Gasteiger partial charge in [-0.3, -0.25) is 4.79 Å². The predicted molar refractivity (Wildman–Crippen MR) is 134 cm³/mol. The van der Waals surface area contributed by atoms with E-state index in [1.807, 2.05) is 78.9 Å². The number of H-pyrrole nitrogens is 1. The first kappa shape index (κ1) is 21.2. The smallest absolute Gasteiger partial charge is 0.210 e. The second-order valence-corrected chi connectivity index (χ2v) is 9.58. The first-order valence-electron chi connectivity index (χ1n) is 10.3. The zero-order valence-corrected chi connectivity index (χ0v) is 19.3. The zero-order chi connectivity index (χ0) is 22.6. The fourth-order valence-corrected chi connectivity index (χ4v) is 5.56. The van der Waals surface area contributed by atoms with Gasteiger partial charge in [0.1, 0.15) is 11.0 Å². The van der Waals surface area contributed by atoms with Crippen molar-refractivity contribution in [1.82, 2.24) is 15.2 Å². The van der Waals surface area contributed by atoms with Crippen LogP contribution in [0.4, 0.5) is 10.8 Å². The number of carbonyl (C=O) groups is 1. The number of benzene rings is 3. The number of hydrogen-bond donors (Lipinski definition) is 2. The number of nitrogens with one attached hydrogen (secondary N) is 2. The minimum absolute atomic E-state index is 0.0310. The molecule has 0 saturated heterocycles. The Balaban J connectivity index is 1.41. The lowest BCUT2D eigenvalue weighted by molar-refractivity contribution is 0.0991. The average Bonchev–Trinajstić information content (AvgIpc) is 3.50. The molecule has 0 bridgehead atoms. The van der Waals surface area contributed by atoms with Gasteiger partial charge in [0.2, 0.25) is 5.13 Å². The molecule has 164 valence electrons. The number of rotatable bonds is 8. The van der Waals surface area contributed by atoms with E-state index in [0.29, 0.717) is 15.0 Å². The summed E-state index contributed by atoms with van der Waals surface area (Å²) >= 11 is 2.83. The lowest BCUT2D eigenvalue weighted by Gasteiger charge is -2.14. The molecule has 1 atom stereocenters. The molecule has 0 aliphatic heterocycles. The van der Waals surface area contributed by atoms with Crippen molar-refractivity contribution in [3.63, 3.8) is 0 Å². The lowest BCUT2D eigenvalue weighted by atomic mass is 10.0. The zero-order valence-electron chi connectivity index (χ0n) is 17.7. The minimum Gasteiger partial charge on any atom is -0.497 e. The summed E-state index contributed by atoms with van der Waals surface area (Å²) in [6, 6.07) is 25.2. The van der Waals surface area contributed by atoms with Crippen LogP contribution in [0.2, 0.25) is 0 Å². The van der Waals surface area contributed by atoms with Crippen LogP contribution in [0.15, 0.2) is 89.4 Å². The maximum Gasteiger partial charge on any atom is 0.210 e. The van der Waals surface area contributed by atoms with Crippen LogP contribution in [0.5, 0.6) is 5.75 Å². The Bertz CT molecular complexity index is 1380. The molecular formula is C25H20N4O2S2. The highest BCUT2D eigenvalue weighted by Gasteiger charge is 2.27. The van der Waals surface area contributed by atoms with Crippen molar-refractivity contribution in [3.05, 3.63) is 96.2 Å². The molecule has 6 nitrogen and oxygen atoms in total. The Labute approximate surface area is 199 Å². The van der Waals surface area contributed by atoms with Crippen molar-refractivity contribution in [1.29, 1.82) is 0 Å². The number of methoxy groups -OCH3 is 1. The van der Waals surface area contributed by atoms with E-state index in [1.165, 1.54) is 23.1 Å². The summed E-state index contributed by atoms with van der Waals surface area (Å²) < 4.78 is 5.91. The maximum absolute atomic E-state index is 13.7. The summed E-state index contributed by atoms with van der Waals surface area (Å²) in [6.07, 6.45) is 1.79. The highest BCUT2D eigenvalue weighted by molar-refractivity contribution is 8.02. The normalized spacial score (nSPS) is 11.9. The monoisotopic (exact) mass is 472 g/mol. The third-order valence-corrected chi connectivity index (χ3v) is 7.34. The number of ether oxygens (including phenoxy) is 1. The standard InChI is InChI=1S/C25H20N4O2S2/c1-31-18-13-11-17(12-14-18)27-24-28-29-25(33-24)32-23(16-7-3-2-4-8-16)22(30)20-15-26-21-10-6-5-9-19(20)21/h2-15,23,26H,1H3,(H,27,28). The number of Topliss-reactive ketones (excluding diaryl/α,β-unsaturated/α-hetero) is 1. The largest absolute Gasteiger partial charge is 0.497 e. The predicted octanol–water partition coefficient (Wildman–Crippen LogP) is 6.49. The molecule has 2 heterocycles. The van der Waals surface area contributed by atoms with Crippen molar-refractivity contribution in [2.75, 3.05) is 12.4 Å². The minimum atomic E-state index is -0.438. The SMILES string of the molecule is COc1ccc(Nc2nnc(SC(C(=O)c3c[nH]c4ccccc34)c3ccccc3)s2)cc1. The average molecular weight is 473 g/mol. The van der Waals surface area contributed by atoms with Crippen LogP contribution in [0, 0.1) is 0 Å². The highest BCUT2D eigenvalue weighted by atomic mass is 32.2. The van der Waals surface area contributed by atoms with Crippen molar-refractivity contribution < 1.29 is 9.53 Å². The molecule has 1 unspecified atom stereocenters. The molecule has 33 heavy (non-hydrogen) atoms. The van der Waals surface area contributed by atoms with Crippen LogP contribution in [-0.4, -0.2) is 28.1 Å². The van der Waals surface area contributed by atoms with Crippen molar-refractivity contribution >= 4 is 50.6 Å². The van der Waals surface area contributed by atoms with Gasteiger partial charge < -0.3 is 15.0 Å². The summed E-state index contributed by atoms with van der Waals surface area (Å²) in [7, 11) is 1.64. The Morgan fingerprint density at radius 2 is 1.76 bits per heavy atom. The molecule has 8 heteroatoms. The molecule has 2 N–H and O–H groups in total. The number of aromatic amines is 1. The Hall–Kier alpha value is -3.62. The molecule has 0 radical (unpaired) electrons. The quantitative estimate of drug-likeness (QED) is 0.199. The van der Waals surface area contributed by atoms with Crippen LogP contribution in [-0.2, 0) is 0 Å². The molecule has 2 aromatic heterocycles. The van der Waals surface area contributed by atoms with Crippen LogP contribution >= 0.6 is 23.1 Å². The molecular weight excluding hydrogens is 452 g/mol. The fraction of sp³-hybridized carbons (Fsp3) is 0.0800. The van der Waals surface area contributed by atoms with E-state index in [0.717, 1.165) is 27.9 Å². The number of nitrogens with zero attached hydrogens (tertiary/aromatic N) is 2. The fourth-order valence-electron chi connectivity index (χ4n) is 3.52. The van der Waals surface area contributed by atoms with Crippen molar-refractivity contribution in [2.45, 2.75) is 9.59 Å². The van der Waals surface area contributed by atoms with Gasteiger partial charge in [0.25, 0.3) is 0 Å². The Morgan fingerprint density at radius 3 is 2.55 bits per heavy atom. The van der Waals surface area contributed by atoms with Gasteiger partial charge in [-0.2, -0.15) is 0 Å². The van der Waals surface area contributed by atoms with E-state index >= 15 is 0 Å². The van der Waals surface area contributed by atoms with Gasteiger partial charge >= 0.3 is 0 Å². The molecule has 0 fully saturated rings. The van der Waals surface area contributed by atoms with Crippen LogP contribution in [0.3, 0.4) is 0 Å². The summed E-state index contributed by atoms with van der Waals surface area (Å²) in [5.74, 6) is 0.819.